The molecule has 0 bridgehead atoms. The third-order valence-electron chi connectivity index (χ3n) is 11.6. The topological polar surface area (TPSA) is 77.2 Å². The number of nitrogens with zero attached hydrogens (tertiary/aromatic N) is 3. The molecule has 0 amide bonds. The second-order valence-electron chi connectivity index (χ2n) is 13.5. The second kappa shape index (κ2) is 8.84. The number of benzene rings is 1. The lowest BCUT2D eigenvalue weighted by Gasteiger charge is -2.62. The van der Waals surface area contributed by atoms with Gasteiger partial charge in [-0.05, 0) is 118 Å². The summed E-state index contributed by atoms with van der Waals surface area (Å²) in [6.07, 6.45) is 9.28. The number of halogens is 1. The van der Waals surface area contributed by atoms with Crippen LogP contribution in [0.4, 0.5) is 4.39 Å². The monoisotopic (exact) mass is 511 g/mol. The maximum absolute atomic E-state index is 14.9. The molecule has 202 valence electrons. The lowest BCUT2D eigenvalue weighted by atomic mass is 9.43. The van der Waals surface area contributed by atoms with Crippen molar-refractivity contribution in [3.8, 4) is 0 Å². The van der Waals surface area contributed by atoms with E-state index in [-0.39, 0.29) is 34.9 Å². The van der Waals surface area contributed by atoms with Crippen molar-refractivity contribution in [2.45, 2.75) is 90.7 Å². The van der Waals surface area contributed by atoms with Gasteiger partial charge in [-0.1, -0.05) is 18.2 Å². The van der Waals surface area contributed by atoms with Crippen molar-refractivity contribution in [3.63, 3.8) is 0 Å². The van der Waals surface area contributed by atoms with Gasteiger partial charge < -0.3 is 9.84 Å². The molecule has 4 fully saturated rings. The minimum Gasteiger partial charge on any atom is -0.390 e. The van der Waals surface area contributed by atoms with Crippen molar-refractivity contribution < 1.29 is 19.0 Å². The van der Waals surface area contributed by atoms with E-state index in [9.17, 15) is 14.3 Å². The Bertz CT molecular complexity index is 1210. The molecule has 0 spiro atoms. The molecule has 8 atom stereocenters. The lowest BCUT2D eigenvalue weighted by molar-refractivity contribution is -0.175. The molecular formula is C30H42FN3O3. The number of fused-ring (bicyclic) bond motifs is 6. The molecule has 1 N–H and O–H groups in total. The Balaban J connectivity index is 1.25. The maximum Gasteiger partial charge on any atom is 0.157 e. The Hall–Kier alpha value is -1.86. The van der Waals surface area contributed by atoms with Crippen LogP contribution in [-0.2, 0) is 16.1 Å². The Morgan fingerprint density at radius 2 is 1.95 bits per heavy atom. The van der Waals surface area contributed by atoms with Crippen LogP contribution in [0.5, 0.6) is 0 Å². The summed E-state index contributed by atoms with van der Waals surface area (Å²) >= 11 is 0. The molecule has 2 aromatic rings. The van der Waals surface area contributed by atoms with Gasteiger partial charge in [-0.15, -0.1) is 5.10 Å². The van der Waals surface area contributed by atoms with Crippen LogP contribution in [0.15, 0.2) is 12.1 Å². The molecule has 0 unspecified atom stereocenters. The molecule has 37 heavy (non-hydrogen) atoms. The van der Waals surface area contributed by atoms with Crippen LogP contribution >= 0.6 is 0 Å². The minimum atomic E-state index is -0.563. The van der Waals surface area contributed by atoms with Gasteiger partial charge in [-0.25, -0.2) is 9.07 Å². The number of hydrogen-bond acceptors (Lipinski definition) is 5. The van der Waals surface area contributed by atoms with Crippen LogP contribution in [0.2, 0.25) is 0 Å². The molecule has 1 aromatic heterocycles. The Morgan fingerprint density at radius 3 is 2.73 bits per heavy atom. The molecule has 7 heteroatoms. The third-order valence-corrected chi connectivity index (χ3v) is 11.6. The van der Waals surface area contributed by atoms with E-state index in [1.807, 2.05) is 14.0 Å². The SMILES string of the molecule is COC[C@]12CC[C@@](C)(O)C[C@@H]1CC[C@H]1[C@@H]3CC[C@H](C(=O)Cn4nnc5ccc(C)c(F)c54)[C@@]3(C)CC[C@@H]12. The number of carbonyl (C=O) groups is 1. The highest BCUT2D eigenvalue weighted by molar-refractivity contribution is 5.84. The number of methoxy groups -OCH3 is 1. The number of ether oxygens (including phenoxy) is 1. The van der Waals surface area contributed by atoms with E-state index in [4.69, 9.17) is 4.74 Å². The first kappa shape index (κ1) is 25.4. The highest BCUT2D eigenvalue weighted by Crippen LogP contribution is 2.68. The van der Waals surface area contributed by atoms with E-state index in [0.29, 0.717) is 40.3 Å². The maximum atomic E-state index is 14.9. The van der Waals surface area contributed by atoms with Gasteiger partial charge in [0.15, 0.2) is 11.6 Å². The van der Waals surface area contributed by atoms with Gasteiger partial charge in [0, 0.05) is 13.0 Å². The molecule has 6 rings (SSSR count). The van der Waals surface area contributed by atoms with Crippen LogP contribution < -0.4 is 0 Å². The van der Waals surface area contributed by atoms with Gasteiger partial charge in [0.25, 0.3) is 0 Å². The van der Waals surface area contributed by atoms with Crippen molar-refractivity contribution in [1.82, 2.24) is 15.0 Å². The molecule has 0 saturated heterocycles. The van der Waals surface area contributed by atoms with Gasteiger partial charge in [-0.3, -0.25) is 4.79 Å². The minimum absolute atomic E-state index is 0.0197. The van der Waals surface area contributed by atoms with Crippen molar-refractivity contribution in [1.29, 1.82) is 0 Å². The van der Waals surface area contributed by atoms with Crippen LogP contribution in [-0.4, -0.2) is 45.2 Å². The third kappa shape index (κ3) is 3.82. The van der Waals surface area contributed by atoms with E-state index in [1.165, 1.54) is 11.1 Å². The Morgan fingerprint density at radius 1 is 1.14 bits per heavy atom. The summed E-state index contributed by atoms with van der Waals surface area (Å²) in [5, 5.41) is 19.1. The van der Waals surface area contributed by atoms with E-state index in [0.717, 1.165) is 58.0 Å². The number of ketones is 1. The number of hydrogen-bond donors (Lipinski definition) is 1. The fourth-order valence-corrected chi connectivity index (χ4v) is 9.81. The second-order valence-corrected chi connectivity index (χ2v) is 13.5. The number of Topliss-reactive ketones (excluding diaryl/α,β-unsaturated/α-hetero) is 1. The summed E-state index contributed by atoms with van der Waals surface area (Å²) in [5.41, 5.74) is 0.942. The summed E-state index contributed by atoms with van der Waals surface area (Å²) in [4.78, 5) is 13.8. The summed E-state index contributed by atoms with van der Waals surface area (Å²) < 4.78 is 22.3. The van der Waals surface area contributed by atoms with E-state index in [1.54, 1.807) is 19.1 Å². The average Bonchev–Trinajstić information content (AvgIpc) is 3.42. The average molecular weight is 512 g/mol. The molecular weight excluding hydrogens is 469 g/mol. The summed E-state index contributed by atoms with van der Waals surface area (Å²) in [6, 6.07) is 3.48. The number of aromatic nitrogens is 3. The molecule has 1 aromatic carbocycles. The van der Waals surface area contributed by atoms with Crippen LogP contribution in [0.3, 0.4) is 0 Å². The van der Waals surface area contributed by atoms with E-state index >= 15 is 0 Å². The van der Waals surface area contributed by atoms with Crippen LogP contribution in [0, 0.1) is 53.2 Å². The molecule has 4 aliphatic rings. The van der Waals surface area contributed by atoms with E-state index in [2.05, 4.69) is 17.2 Å². The Kier molecular flexibility index (Phi) is 6.07. The number of carbonyl (C=O) groups excluding carboxylic acids is 1. The predicted molar refractivity (Wildman–Crippen MR) is 139 cm³/mol. The number of aliphatic hydroxyl groups is 1. The van der Waals surface area contributed by atoms with Crippen molar-refractivity contribution in [2.75, 3.05) is 13.7 Å². The van der Waals surface area contributed by atoms with Crippen LogP contribution in [0.25, 0.3) is 11.0 Å². The summed E-state index contributed by atoms with van der Waals surface area (Å²) in [6.45, 7) is 6.96. The highest BCUT2D eigenvalue weighted by Gasteiger charge is 2.63. The molecule has 6 nitrogen and oxygen atoms in total. The first-order chi connectivity index (χ1) is 17.6. The normalized spacial score (nSPS) is 41.3. The smallest absolute Gasteiger partial charge is 0.157 e. The fourth-order valence-electron chi connectivity index (χ4n) is 9.81. The summed E-state index contributed by atoms with van der Waals surface area (Å²) in [7, 11) is 1.83. The van der Waals surface area contributed by atoms with Gasteiger partial charge in [0.1, 0.15) is 17.6 Å². The molecule has 4 saturated carbocycles. The lowest BCUT2D eigenvalue weighted by Crippen LogP contribution is -2.58. The van der Waals surface area contributed by atoms with Gasteiger partial charge in [0.05, 0.1) is 12.2 Å². The van der Waals surface area contributed by atoms with Gasteiger partial charge >= 0.3 is 0 Å². The molecule has 0 aliphatic heterocycles. The first-order valence-electron chi connectivity index (χ1n) is 14.3. The Labute approximate surface area is 219 Å². The zero-order valence-corrected chi connectivity index (χ0v) is 22.8. The van der Waals surface area contributed by atoms with Crippen molar-refractivity contribution in [2.24, 2.45) is 40.4 Å². The molecule has 0 radical (unpaired) electrons. The highest BCUT2D eigenvalue weighted by atomic mass is 19.1. The zero-order chi connectivity index (χ0) is 26.2. The molecule has 4 aliphatic carbocycles. The zero-order valence-electron chi connectivity index (χ0n) is 22.8. The van der Waals surface area contributed by atoms with Crippen molar-refractivity contribution >= 4 is 16.8 Å². The van der Waals surface area contributed by atoms with Crippen LogP contribution in [0.1, 0.15) is 77.2 Å². The number of aryl methyl sites for hydroxylation is 1. The molecule has 1 heterocycles. The largest absolute Gasteiger partial charge is 0.390 e. The van der Waals surface area contributed by atoms with Crippen molar-refractivity contribution in [3.05, 3.63) is 23.5 Å². The fraction of sp³-hybridized carbons (Fsp3) is 0.767. The van der Waals surface area contributed by atoms with Gasteiger partial charge in [0.2, 0.25) is 0 Å². The quantitative estimate of drug-likeness (QED) is 0.575. The first-order valence-corrected chi connectivity index (χ1v) is 14.3. The predicted octanol–water partition coefficient (Wildman–Crippen LogP) is 5.48. The van der Waals surface area contributed by atoms with Gasteiger partial charge in [-0.2, -0.15) is 0 Å². The van der Waals surface area contributed by atoms with E-state index < -0.39 is 5.60 Å². The summed E-state index contributed by atoms with van der Waals surface area (Å²) in [5.74, 6) is 2.07. The standard InChI is InChI=1S/C30H42FN3O3/c1-18-5-10-24-27(26(18)31)34(33-32-24)16-25(35)23-9-8-21-20-7-6-19-15-28(2,36)13-14-30(19,17-37-4)22(20)11-12-29(21,23)3/h5,10,19-23,36H,6-9,11-17H2,1-4H3/t19-,20-,21-,22-,23+,28+,29-,30+/m0/s1. The number of rotatable bonds is 5.